The van der Waals surface area contributed by atoms with Gasteiger partial charge in [-0.25, -0.2) is 9.97 Å². The lowest BCUT2D eigenvalue weighted by Crippen LogP contribution is -2.22. The Balaban J connectivity index is 1.87. The van der Waals surface area contributed by atoms with E-state index in [4.69, 9.17) is 10.5 Å². The molecule has 0 unspecified atom stereocenters. The number of rotatable bonds is 5. The number of fused-ring (bicyclic) bond motifs is 1. The molecule has 29 heavy (non-hydrogen) atoms. The lowest BCUT2D eigenvalue weighted by Gasteiger charge is -2.19. The van der Waals surface area contributed by atoms with Crippen molar-refractivity contribution in [2.75, 3.05) is 11.5 Å². The van der Waals surface area contributed by atoms with Gasteiger partial charge in [-0.2, -0.15) is 0 Å². The number of carbonyl (C=O) groups excluding carboxylic acids is 2. The first-order chi connectivity index (χ1) is 14.0. The summed E-state index contributed by atoms with van der Waals surface area (Å²) in [5.41, 5.74) is 8.46. The van der Waals surface area contributed by atoms with Crippen LogP contribution in [0.2, 0.25) is 0 Å². The van der Waals surface area contributed by atoms with Gasteiger partial charge in [-0.05, 0) is 49.7 Å². The molecule has 1 aromatic heterocycles. The third kappa shape index (κ3) is 3.31. The van der Waals surface area contributed by atoms with E-state index < -0.39 is 5.91 Å². The largest absolute Gasteiger partial charge is 0.494 e. The molecule has 1 aliphatic heterocycles. The summed E-state index contributed by atoms with van der Waals surface area (Å²) in [7, 11) is 0. The van der Waals surface area contributed by atoms with E-state index in [9.17, 15) is 9.59 Å². The Bertz CT molecular complexity index is 1110. The van der Waals surface area contributed by atoms with Crippen molar-refractivity contribution in [3.63, 3.8) is 0 Å². The van der Waals surface area contributed by atoms with Crippen molar-refractivity contribution >= 4 is 23.3 Å². The van der Waals surface area contributed by atoms with Crippen LogP contribution in [-0.4, -0.2) is 28.4 Å². The van der Waals surface area contributed by atoms with Gasteiger partial charge in [-0.1, -0.05) is 18.2 Å². The van der Waals surface area contributed by atoms with Gasteiger partial charge < -0.3 is 10.5 Å². The molecular weight excluding hydrogens is 368 g/mol. The summed E-state index contributed by atoms with van der Waals surface area (Å²) in [4.78, 5) is 35.4. The minimum Gasteiger partial charge on any atom is -0.494 e. The zero-order valence-electron chi connectivity index (χ0n) is 16.2. The smallest absolute Gasteiger partial charge is 0.267 e. The number of anilines is 2. The second-order valence-electron chi connectivity index (χ2n) is 6.71. The minimum atomic E-state index is -0.685. The van der Waals surface area contributed by atoms with Crippen molar-refractivity contribution in [2.45, 2.75) is 20.3 Å². The molecule has 0 saturated heterocycles. The number of hydrogen-bond acceptors (Lipinski definition) is 5. The van der Waals surface area contributed by atoms with Gasteiger partial charge in [0, 0.05) is 11.1 Å². The van der Waals surface area contributed by atoms with E-state index >= 15 is 0 Å². The standard InChI is InChI=1S/C22H20N4O3/c1-3-29-15-10-8-14(9-11-15)21-24-19(20(23)28)16-12-18(27)26(22(16)25-21)17-7-5-4-6-13(17)2/h4-11H,3,12H2,1-2H3,(H2,23,28). The average Bonchev–Trinajstić information content (AvgIpc) is 3.04. The highest BCUT2D eigenvalue weighted by Gasteiger charge is 2.35. The number of primary amides is 1. The SMILES string of the molecule is CCOc1ccc(-c2nc(C(N)=O)c3c(n2)N(c2ccccc2C)C(=O)C3)cc1. The van der Waals surface area contributed by atoms with Crippen molar-refractivity contribution in [1.82, 2.24) is 9.97 Å². The number of carbonyl (C=O) groups is 2. The van der Waals surface area contributed by atoms with Crippen molar-refractivity contribution in [2.24, 2.45) is 5.73 Å². The fraction of sp³-hybridized carbons (Fsp3) is 0.182. The zero-order valence-corrected chi connectivity index (χ0v) is 16.2. The van der Waals surface area contributed by atoms with Crippen molar-refractivity contribution in [3.05, 3.63) is 65.4 Å². The predicted octanol–water partition coefficient (Wildman–Crippen LogP) is 3.17. The second kappa shape index (κ2) is 7.35. The molecular formula is C22H20N4O3. The lowest BCUT2D eigenvalue weighted by atomic mass is 10.1. The Labute approximate surface area is 168 Å². The van der Waals surface area contributed by atoms with Crippen LogP contribution in [0.3, 0.4) is 0 Å². The Hall–Kier alpha value is -3.74. The van der Waals surface area contributed by atoms with Gasteiger partial charge in [-0.15, -0.1) is 0 Å². The van der Waals surface area contributed by atoms with E-state index in [1.165, 1.54) is 4.90 Å². The molecule has 2 N–H and O–H groups in total. The van der Waals surface area contributed by atoms with Crippen LogP contribution in [0.4, 0.5) is 11.5 Å². The highest BCUT2D eigenvalue weighted by Crippen LogP contribution is 2.38. The number of nitrogens with zero attached hydrogens (tertiary/aromatic N) is 3. The molecule has 1 aliphatic rings. The minimum absolute atomic E-state index is 0.0332. The number of benzene rings is 2. The normalized spacial score (nSPS) is 12.8. The van der Waals surface area contributed by atoms with Crippen LogP contribution in [-0.2, 0) is 11.2 Å². The fourth-order valence-corrected chi connectivity index (χ4v) is 3.43. The first-order valence-corrected chi connectivity index (χ1v) is 9.32. The maximum atomic E-state index is 12.8. The predicted molar refractivity (Wildman–Crippen MR) is 109 cm³/mol. The van der Waals surface area contributed by atoms with Gasteiger partial charge in [0.15, 0.2) is 5.82 Å². The van der Waals surface area contributed by atoms with Gasteiger partial charge in [0.1, 0.15) is 17.3 Å². The Kier molecular flexibility index (Phi) is 4.72. The fourth-order valence-electron chi connectivity index (χ4n) is 3.43. The van der Waals surface area contributed by atoms with E-state index in [1.54, 1.807) is 0 Å². The lowest BCUT2D eigenvalue weighted by molar-refractivity contribution is -0.116. The summed E-state index contributed by atoms with van der Waals surface area (Å²) in [6, 6.07) is 14.8. The number of ether oxygens (including phenoxy) is 1. The summed E-state index contributed by atoms with van der Waals surface area (Å²) in [5.74, 6) is 0.598. The maximum absolute atomic E-state index is 12.8. The monoisotopic (exact) mass is 388 g/mol. The third-order valence-corrected chi connectivity index (χ3v) is 4.79. The molecule has 2 heterocycles. The van der Waals surface area contributed by atoms with Crippen LogP contribution >= 0.6 is 0 Å². The summed E-state index contributed by atoms with van der Waals surface area (Å²) in [6.07, 6.45) is 0.0332. The number of amides is 2. The highest BCUT2D eigenvalue weighted by molar-refractivity contribution is 6.09. The zero-order chi connectivity index (χ0) is 20.5. The number of aryl methyl sites for hydroxylation is 1. The van der Waals surface area contributed by atoms with Crippen molar-refractivity contribution in [1.29, 1.82) is 0 Å². The molecule has 0 radical (unpaired) electrons. The number of aromatic nitrogens is 2. The molecule has 2 aromatic carbocycles. The van der Waals surface area contributed by atoms with E-state index in [0.717, 1.165) is 17.0 Å². The first kappa shape index (κ1) is 18.6. The molecule has 4 rings (SSSR count). The number of para-hydroxylation sites is 1. The number of hydrogen-bond donors (Lipinski definition) is 1. The molecule has 7 nitrogen and oxygen atoms in total. The summed E-state index contributed by atoms with van der Waals surface area (Å²) >= 11 is 0. The third-order valence-electron chi connectivity index (χ3n) is 4.79. The van der Waals surface area contributed by atoms with E-state index in [-0.39, 0.29) is 18.0 Å². The Morgan fingerprint density at radius 1 is 1.14 bits per heavy atom. The first-order valence-electron chi connectivity index (χ1n) is 9.32. The van der Waals surface area contributed by atoms with Gasteiger partial charge in [-0.3, -0.25) is 14.5 Å². The molecule has 0 saturated carbocycles. The van der Waals surface area contributed by atoms with E-state index in [0.29, 0.717) is 29.4 Å². The Morgan fingerprint density at radius 3 is 2.52 bits per heavy atom. The maximum Gasteiger partial charge on any atom is 0.267 e. The molecule has 3 aromatic rings. The van der Waals surface area contributed by atoms with Crippen LogP contribution < -0.4 is 15.4 Å². The molecule has 0 fully saturated rings. The topological polar surface area (TPSA) is 98.4 Å². The summed E-state index contributed by atoms with van der Waals surface area (Å²) in [5, 5.41) is 0. The van der Waals surface area contributed by atoms with Crippen LogP contribution in [0.5, 0.6) is 5.75 Å². The molecule has 0 aliphatic carbocycles. The second-order valence-corrected chi connectivity index (χ2v) is 6.71. The van der Waals surface area contributed by atoms with Gasteiger partial charge >= 0.3 is 0 Å². The molecule has 0 atom stereocenters. The summed E-state index contributed by atoms with van der Waals surface area (Å²) in [6.45, 7) is 4.39. The van der Waals surface area contributed by atoms with Gasteiger partial charge in [0.2, 0.25) is 5.91 Å². The van der Waals surface area contributed by atoms with E-state index in [1.807, 2.05) is 62.4 Å². The van der Waals surface area contributed by atoms with Gasteiger partial charge in [0.25, 0.3) is 5.91 Å². The van der Waals surface area contributed by atoms with Crippen molar-refractivity contribution in [3.8, 4) is 17.1 Å². The summed E-state index contributed by atoms with van der Waals surface area (Å²) < 4.78 is 5.47. The number of nitrogens with two attached hydrogens (primary N) is 1. The molecule has 2 amide bonds. The van der Waals surface area contributed by atoms with Crippen molar-refractivity contribution < 1.29 is 14.3 Å². The molecule has 7 heteroatoms. The average molecular weight is 388 g/mol. The van der Waals surface area contributed by atoms with Crippen LogP contribution in [0, 0.1) is 6.92 Å². The molecule has 146 valence electrons. The van der Waals surface area contributed by atoms with Crippen LogP contribution in [0.15, 0.2) is 48.5 Å². The van der Waals surface area contributed by atoms with Gasteiger partial charge in [0.05, 0.1) is 18.7 Å². The Morgan fingerprint density at radius 2 is 1.86 bits per heavy atom. The van der Waals surface area contributed by atoms with Crippen LogP contribution in [0.1, 0.15) is 28.5 Å². The molecule has 0 spiro atoms. The quantitative estimate of drug-likeness (QED) is 0.724. The van der Waals surface area contributed by atoms with Crippen LogP contribution in [0.25, 0.3) is 11.4 Å². The highest BCUT2D eigenvalue weighted by atomic mass is 16.5. The van der Waals surface area contributed by atoms with E-state index in [2.05, 4.69) is 9.97 Å². The molecule has 0 bridgehead atoms.